The Morgan fingerprint density at radius 2 is 2.06 bits per heavy atom. The molecule has 0 bridgehead atoms. The molecule has 0 aromatic carbocycles. The van der Waals surface area contributed by atoms with Crippen LogP contribution >= 0.6 is 0 Å². The minimum absolute atomic E-state index is 0.440. The first kappa shape index (κ1) is 13.8. The van der Waals surface area contributed by atoms with Crippen LogP contribution in [0.5, 0.6) is 0 Å². The molecule has 2 saturated heterocycles. The van der Waals surface area contributed by atoms with E-state index in [1.807, 2.05) is 0 Å². The Morgan fingerprint density at radius 3 is 2.67 bits per heavy atom. The van der Waals surface area contributed by atoms with E-state index in [0.29, 0.717) is 12.6 Å². The second kappa shape index (κ2) is 6.50. The fourth-order valence-electron chi connectivity index (χ4n) is 3.11. The van der Waals surface area contributed by atoms with Gasteiger partial charge in [-0.3, -0.25) is 14.6 Å². The second-order valence-corrected chi connectivity index (χ2v) is 5.48. The van der Waals surface area contributed by atoms with Gasteiger partial charge in [0.05, 0.1) is 0 Å². The molecular formula is C13H25N3O2. The van der Waals surface area contributed by atoms with Crippen molar-refractivity contribution in [3.05, 3.63) is 0 Å². The Morgan fingerprint density at radius 1 is 1.33 bits per heavy atom. The van der Waals surface area contributed by atoms with Crippen LogP contribution in [0.1, 0.15) is 25.7 Å². The average molecular weight is 255 g/mol. The molecule has 0 aliphatic carbocycles. The SMILES string of the molecule is CNC(CN1CCC(N2CCCCC2)C1)C(=O)O. The maximum atomic E-state index is 11.0. The Kier molecular flexibility index (Phi) is 4.97. The van der Waals surface area contributed by atoms with Gasteiger partial charge in [0.15, 0.2) is 0 Å². The number of nitrogens with one attached hydrogen (secondary N) is 1. The average Bonchev–Trinajstić information content (AvgIpc) is 2.85. The molecule has 5 heteroatoms. The lowest BCUT2D eigenvalue weighted by atomic mass is 10.1. The number of carboxylic acid groups (broad SMARTS) is 1. The molecule has 0 spiro atoms. The number of likely N-dealkylation sites (tertiary alicyclic amines) is 2. The van der Waals surface area contributed by atoms with Crippen molar-refractivity contribution in [2.45, 2.75) is 37.8 Å². The van der Waals surface area contributed by atoms with Crippen LogP contribution in [0, 0.1) is 0 Å². The number of likely N-dealkylation sites (N-methyl/N-ethyl adjacent to an activating group) is 1. The molecule has 104 valence electrons. The highest BCUT2D eigenvalue weighted by Gasteiger charge is 2.30. The first-order chi connectivity index (χ1) is 8.70. The quantitative estimate of drug-likeness (QED) is 0.736. The standard InChI is InChI=1S/C13H25N3O2/c1-14-12(13(17)18)10-15-8-5-11(9-15)16-6-3-2-4-7-16/h11-12,14H,2-10H2,1H3,(H,17,18). The maximum Gasteiger partial charge on any atom is 0.322 e. The summed E-state index contributed by atoms with van der Waals surface area (Å²) in [6, 6.07) is 0.210. The largest absolute Gasteiger partial charge is 0.480 e. The normalized spacial score (nSPS) is 28.4. The number of carboxylic acids is 1. The molecule has 2 unspecified atom stereocenters. The smallest absolute Gasteiger partial charge is 0.322 e. The van der Waals surface area contributed by atoms with Crippen LogP contribution in [0.4, 0.5) is 0 Å². The molecule has 0 radical (unpaired) electrons. The molecule has 0 aromatic rings. The van der Waals surface area contributed by atoms with Gasteiger partial charge in [-0.1, -0.05) is 6.42 Å². The highest BCUT2D eigenvalue weighted by Crippen LogP contribution is 2.20. The van der Waals surface area contributed by atoms with Crippen LogP contribution in [0.25, 0.3) is 0 Å². The van der Waals surface area contributed by atoms with Gasteiger partial charge in [0, 0.05) is 19.1 Å². The summed E-state index contributed by atoms with van der Waals surface area (Å²) >= 11 is 0. The van der Waals surface area contributed by atoms with E-state index < -0.39 is 12.0 Å². The first-order valence-electron chi connectivity index (χ1n) is 7.07. The predicted octanol–water partition coefficient (Wildman–Crippen LogP) is 0.219. The zero-order chi connectivity index (χ0) is 13.0. The van der Waals surface area contributed by atoms with Gasteiger partial charge < -0.3 is 10.4 Å². The van der Waals surface area contributed by atoms with Crippen molar-refractivity contribution < 1.29 is 9.90 Å². The number of nitrogens with zero attached hydrogens (tertiary/aromatic N) is 2. The third-order valence-corrected chi connectivity index (χ3v) is 4.24. The van der Waals surface area contributed by atoms with Crippen molar-refractivity contribution >= 4 is 5.97 Å². The zero-order valence-corrected chi connectivity index (χ0v) is 11.3. The van der Waals surface area contributed by atoms with Crippen molar-refractivity contribution in [3.8, 4) is 0 Å². The minimum Gasteiger partial charge on any atom is -0.480 e. The molecule has 2 aliphatic rings. The monoisotopic (exact) mass is 255 g/mol. The molecule has 2 atom stereocenters. The Bertz CT molecular complexity index is 279. The molecule has 0 saturated carbocycles. The van der Waals surface area contributed by atoms with E-state index in [9.17, 15) is 4.79 Å². The summed E-state index contributed by atoms with van der Waals surface area (Å²) < 4.78 is 0. The molecule has 2 fully saturated rings. The van der Waals surface area contributed by atoms with E-state index in [2.05, 4.69) is 15.1 Å². The summed E-state index contributed by atoms with van der Waals surface area (Å²) in [5, 5.41) is 11.9. The first-order valence-corrected chi connectivity index (χ1v) is 7.07. The predicted molar refractivity (Wildman–Crippen MR) is 70.8 cm³/mol. The highest BCUT2D eigenvalue weighted by molar-refractivity contribution is 5.73. The maximum absolute atomic E-state index is 11.0. The lowest BCUT2D eigenvalue weighted by Crippen LogP contribution is -2.45. The highest BCUT2D eigenvalue weighted by atomic mass is 16.4. The molecule has 2 heterocycles. The number of hydrogen-bond donors (Lipinski definition) is 2. The lowest BCUT2D eigenvalue weighted by molar-refractivity contribution is -0.139. The summed E-state index contributed by atoms with van der Waals surface area (Å²) in [6.45, 7) is 5.15. The second-order valence-electron chi connectivity index (χ2n) is 5.48. The van der Waals surface area contributed by atoms with E-state index >= 15 is 0 Å². The number of piperidine rings is 1. The van der Waals surface area contributed by atoms with E-state index in [4.69, 9.17) is 5.11 Å². The zero-order valence-electron chi connectivity index (χ0n) is 11.3. The fraction of sp³-hybridized carbons (Fsp3) is 0.923. The van der Waals surface area contributed by atoms with E-state index in [1.54, 1.807) is 7.05 Å². The molecule has 18 heavy (non-hydrogen) atoms. The van der Waals surface area contributed by atoms with Gasteiger partial charge in [0.1, 0.15) is 6.04 Å². The van der Waals surface area contributed by atoms with E-state index in [-0.39, 0.29) is 0 Å². The number of hydrogen-bond acceptors (Lipinski definition) is 4. The van der Waals surface area contributed by atoms with Crippen LogP contribution in [0.2, 0.25) is 0 Å². The van der Waals surface area contributed by atoms with Crippen molar-refractivity contribution in [3.63, 3.8) is 0 Å². The van der Waals surface area contributed by atoms with Crippen LogP contribution in [-0.2, 0) is 4.79 Å². The topological polar surface area (TPSA) is 55.8 Å². The lowest BCUT2D eigenvalue weighted by Gasteiger charge is -2.32. The summed E-state index contributed by atoms with van der Waals surface area (Å²) in [4.78, 5) is 15.9. The summed E-state index contributed by atoms with van der Waals surface area (Å²) in [6.07, 6.45) is 5.21. The van der Waals surface area contributed by atoms with E-state index in [0.717, 1.165) is 13.1 Å². The van der Waals surface area contributed by atoms with Gasteiger partial charge in [-0.25, -0.2) is 0 Å². The van der Waals surface area contributed by atoms with Crippen LogP contribution in [0.15, 0.2) is 0 Å². The van der Waals surface area contributed by atoms with Crippen LogP contribution in [0.3, 0.4) is 0 Å². The summed E-state index contributed by atoms with van der Waals surface area (Å²) in [7, 11) is 1.72. The van der Waals surface area contributed by atoms with Crippen molar-refractivity contribution in [1.29, 1.82) is 0 Å². The van der Waals surface area contributed by atoms with Crippen LogP contribution in [-0.4, -0.2) is 72.7 Å². The molecular weight excluding hydrogens is 230 g/mol. The molecule has 2 aliphatic heterocycles. The van der Waals surface area contributed by atoms with Gasteiger partial charge >= 0.3 is 5.97 Å². The molecule has 2 rings (SSSR count). The van der Waals surface area contributed by atoms with Gasteiger partial charge in [0.2, 0.25) is 0 Å². The van der Waals surface area contributed by atoms with Crippen molar-refractivity contribution in [2.75, 3.05) is 39.8 Å². The Hall–Kier alpha value is -0.650. The Balaban J connectivity index is 1.78. The van der Waals surface area contributed by atoms with Gasteiger partial charge in [-0.2, -0.15) is 0 Å². The van der Waals surface area contributed by atoms with Crippen molar-refractivity contribution in [1.82, 2.24) is 15.1 Å². The van der Waals surface area contributed by atoms with E-state index in [1.165, 1.54) is 38.8 Å². The third-order valence-electron chi connectivity index (χ3n) is 4.24. The minimum atomic E-state index is -0.751. The number of aliphatic carboxylic acids is 1. The van der Waals surface area contributed by atoms with Crippen molar-refractivity contribution in [2.24, 2.45) is 0 Å². The van der Waals surface area contributed by atoms with Gasteiger partial charge in [0.25, 0.3) is 0 Å². The van der Waals surface area contributed by atoms with Gasteiger partial charge in [-0.15, -0.1) is 0 Å². The fourth-order valence-corrected chi connectivity index (χ4v) is 3.11. The molecule has 0 aromatic heterocycles. The number of rotatable bonds is 5. The van der Waals surface area contributed by atoms with Crippen LogP contribution < -0.4 is 5.32 Å². The number of carbonyl (C=O) groups is 1. The molecule has 0 amide bonds. The summed E-state index contributed by atoms with van der Waals surface area (Å²) in [5.74, 6) is -0.751. The third kappa shape index (κ3) is 3.43. The molecule has 2 N–H and O–H groups in total. The summed E-state index contributed by atoms with van der Waals surface area (Å²) in [5.41, 5.74) is 0. The van der Waals surface area contributed by atoms with Gasteiger partial charge in [-0.05, 0) is 45.9 Å². The Labute approximate surface area is 109 Å². The molecule has 5 nitrogen and oxygen atoms in total.